The van der Waals surface area contributed by atoms with Gasteiger partial charge in [0.1, 0.15) is 5.82 Å². The van der Waals surface area contributed by atoms with Crippen molar-refractivity contribution < 1.29 is 9.13 Å². The smallest absolute Gasteiger partial charge is 0.191 e. The van der Waals surface area contributed by atoms with Crippen molar-refractivity contribution in [1.29, 1.82) is 0 Å². The van der Waals surface area contributed by atoms with Gasteiger partial charge >= 0.3 is 0 Å². The minimum atomic E-state index is -0.190. The standard InChI is InChI=1S/C21H28FN3OS/c1-3-18-7-8-19(27-18)14-24-20(23-2)25-15-21(9-11-26-12-10-21)16-5-4-6-17(22)13-16/h4-8,13H,3,9-12,14-15H2,1-2H3,(H2,23,24,25). The summed E-state index contributed by atoms with van der Waals surface area (Å²) in [6.07, 6.45) is 2.80. The van der Waals surface area contributed by atoms with E-state index in [0.717, 1.165) is 37.3 Å². The maximum atomic E-state index is 13.8. The van der Waals surface area contributed by atoms with Crippen LogP contribution in [0.15, 0.2) is 41.4 Å². The Labute approximate surface area is 164 Å². The fraction of sp³-hybridized carbons (Fsp3) is 0.476. The van der Waals surface area contributed by atoms with Gasteiger partial charge in [-0.2, -0.15) is 0 Å². The molecule has 2 heterocycles. The zero-order chi connectivity index (χ0) is 19.1. The number of guanidine groups is 1. The SMILES string of the molecule is CCc1ccc(CNC(=NC)NCC2(c3cccc(F)c3)CCOCC2)s1. The van der Waals surface area contributed by atoms with E-state index in [9.17, 15) is 4.39 Å². The summed E-state index contributed by atoms with van der Waals surface area (Å²) in [5.74, 6) is 0.578. The topological polar surface area (TPSA) is 45.7 Å². The largest absolute Gasteiger partial charge is 0.381 e. The molecule has 1 fully saturated rings. The zero-order valence-corrected chi connectivity index (χ0v) is 16.9. The van der Waals surface area contributed by atoms with Crippen molar-refractivity contribution in [2.24, 2.45) is 4.99 Å². The Morgan fingerprint density at radius 1 is 1.19 bits per heavy atom. The van der Waals surface area contributed by atoms with Crippen molar-refractivity contribution in [1.82, 2.24) is 10.6 Å². The van der Waals surface area contributed by atoms with Crippen molar-refractivity contribution in [3.05, 3.63) is 57.5 Å². The molecule has 0 saturated carbocycles. The van der Waals surface area contributed by atoms with Crippen molar-refractivity contribution in [2.75, 3.05) is 26.8 Å². The molecule has 0 aliphatic carbocycles. The first-order valence-electron chi connectivity index (χ1n) is 9.51. The van der Waals surface area contributed by atoms with Gasteiger partial charge in [-0.3, -0.25) is 4.99 Å². The van der Waals surface area contributed by atoms with Crippen LogP contribution in [0.4, 0.5) is 4.39 Å². The van der Waals surface area contributed by atoms with Gasteiger partial charge in [-0.05, 0) is 49.1 Å². The van der Waals surface area contributed by atoms with Crippen LogP contribution in [0.5, 0.6) is 0 Å². The molecule has 4 nitrogen and oxygen atoms in total. The number of hydrogen-bond acceptors (Lipinski definition) is 3. The van der Waals surface area contributed by atoms with E-state index in [0.29, 0.717) is 19.8 Å². The number of nitrogens with one attached hydrogen (secondary N) is 2. The second kappa shape index (κ2) is 9.33. The van der Waals surface area contributed by atoms with Gasteiger partial charge in [0.15, 0.2) is 5.96 Å². The Hall–Kier alpha value is -1.92. The zero-order valence-electron chi connectivity index (χ0n) is 16.1. The molecule has 27 heavy (non-hydrogen) atoms. The lowest BCUT2D eigenvalue weighted by atomic mass is 9.74. The van der Waals surface area contributed by atoms with E-state index in [1.54, 1.807) is 19.2 Å². The van der Waals surface area contributed by atoms with Crippen LogP contribution in [0.25, 0.3) is 0 Å². The van der Waals surface area contributed by atoms with Gasteiger partial charge in [0.05, 0.1) is 6.54 Å². The highest BCUT2D eigenvalue weighted by Crippen LogP contribution is 2.34. The molecular weight excluding hydrogens is 361 g/mol. The van der Waals surface area contributed by atoms with Crippen molar-refractivity contribution in [3.8, 4) is 0 Å². The van der Waals surface area contributed by atoms with Crippen molar-refractivity contribution >= 4 is 17.3 Å². The van der Waals surface area contributed by atoms with Crippen LogP contribution in [0.2, 0.25) is 0 Å². The van der Waals surface area contributed by atoms with E-state index in [1.165, 1.54) is 15.8 Å². The molecule has 0 unspecified atom stereocenters. The Bertz CT molecular complexity index is 768. The molecule has 3 rings (SSSR count). The van der Waals surface area contributed by atoms with Crippen LogP contribution in [-0.4, -0.2) is 32.8 Å². The number of hydrogen-bond donors (Lipinski definition) is 2. The molecule has 146 valence electrons. The lowest BCUT2D eigenvalue weighted by molar-refractivity contribution is 0.0513. The summed E-state index contributed by atoms with van der Waals surface area (Å²) in [6, 6.07) is 11.3. The minimum absolute atomic E-state index is 0.143. The highest BCUT2D eigenvalue weighted by atomic mass is 32.1. The van der Waals surface area contributed by atoms with Crippen LogP contribution in [0.3, 0.4) is 0 Å². The summed E-state index contributed by atoms with van der Waals surface area (Å²) in [5, 5.41) is 6.84. The third-order valence-electron chi connectivity index (χ3n) is 5.20. The predicted octanol–water partition coefficient (Wildman–Crippen LogP) is 3.86. The van der Waals surface area contributed by atoms with Gasteiger partial charge in [-0.15, -0.1) is 11.3 Å². The predicted molar refractivity (Wildman–Crippen MR) is 110 cm³/mol. The molecule has 0 atom stereocenters. The van der Waals surface area contributed by atoms with Gasteiger partial charge in [0.2, 0.25) is 0 Å². The summed E-state index contributed by atoms with van der Waals surface area (Å²) in [7, 11) is 1.78. The molecular formula is C21H28FN3OS. The summed E-state index contributed by atoms with van der Waals surface area (Å²) >= 11 is 1.83. The average Bonchev–Trinajstić information content (AvgIpc) is 3.17. The maximum absolute atomic E-state index is 13.8. The summed E-state index contributed by atoms with van der Waals surface area (Å²) in [6.45, 7) is 5.01. The maximum Gasteiger partial charge on any atom is 0.191 e. The third-order valence-corrected chi connectivity index (χ3v) is 6.43. The van der Waals surface area contributed by atoms with Gasteiger partial charge in [0.25, 0.3) is 0 Å². The van der Waals surface area contributed by atoms with E-state index >= 15 is 0 Å². The highest BCUT2D eigenvalue weighted by molar-refractivity contribution is 7.11. The monoisotopic (exact) mass is 389 g/mol. The lowest BCUT2D eigenvalue weighted by Gasteiger charge is -2.38. The van der Waals surface area contributed by atoms with Gasteiger partial charge in [-0.1, -0.05) is 19.1 Å². The molecule has 0 amide bonds. The second-order valence-corrected chi connectivity index (χ2v) is 8.16. The van der Waals surface area contributed by atoms with Gasteiger partial charge in [-0.25, -0.2) is 4.39 Å². The summed E-state index contributed by atoms with van der Waals surface area (Å²) in [5.41, 5.74) is 0.885. The fourth-order valence-corrected chi connectivity index (χ4v) is 4.40. The first-order chi connectivity index (χ1) is 13.1. The number of nitrogens with zero attached hydrogens (tertiary/aromatic N) is 1. The fourth-order valence-electron chi connectivity index (χ4n) is 3.50. The number of aryl methyl sites for hydroxylation is 1. The molecule has 2 N–H and O–H groups in total. The van der Waals surface area contributed by atoms with Crippen molar-refractivity contribution in [3.63, 3.8) is 0 Å². The van der Waals surface area contributed by atoms with Crippen molar-refractivity contribution in [2.45, 2.75) is 38.1 Å². The molecule has 0 radical (unpaired) electrons. The van der Waals surface area contributed by atoms with E-state index in [4.69, 9.17) is 4.74 Å². The Kier molecular flexibility index (Phi) is 6.85. The number of ether oxygens (including phenoxy) is 1. The van der Waals surface area contributed by atoms with Crippen LogP contribution in [0.1, 0.15) is 35.1 Å². The molecule has 2 aromatic rings. The van der Waals surface area contributed by atoms with Crippen LogP contribution >= 0.6 is 11.3 Å². The lowest BCUT2D eigenvalue weighted by Crippen LogP contribution is -2.47. The molecule has 6 heteroatoms. The van der Waals surface area contributed by atoms with E-state index in [-0.39, 0.29) is 11.2 Å². The summed E-state index contributed by atoms with van der Waals surface area (Å²) in [4.78, 5) is 7.03. The molecule has 1 aliphatic heterocycles. The van der Waals surface area contributed by atoms with Gasteiger partial charge in [0, 0.05) is 42.0 Å². The van der Waals surface area contributed by atoms with Crippen LogP contribution in [-0.2, 0) is 23.1 Å². The molecule has 1 aromatic heterocycles. The number of thiophene rings is 1. The Morgan fingerprint density at radius 2 is 1.96 bits per heavy atom. The highest BCUT2D eigenvalue weighted by Gasteiger charge is 2.34. The second-order valence-electron chi connectivity index (χ2n) is 6.90. The molecule has 1 aromatic carbocycles. The Morgan fingerprint density at radius 3 is 2.63 bits per heavy atom. The number of aliphatic imine (C=N–C) groups is 1. The number of benzene rings is 1. The molecule has 0 bridgehead atoms. The molecule has 0 spiro atoms. The quantitative estimate of drug-likeness (QED) is 0.582. The van der Waals surface area contributed by atoms with Crippen LogP contribution in [0, 0.1) is 5.82 Å². The number of halogens is 1. The summed E-state index contributed by atoms with van der Waals surface area (Å²) < 4.78 is 19.4. The number of rotatable bonds is 6. The van der Waals surface area contributed by atoms with Gasteiger partial charge < -0.3 is 15.4 Å². The molecule has 1 saturated heterocycles. The third kappa shape index (κ3) is 5.08. The normalized spacial score (nSPS) is 16.9. The average molecular weight is 390 g/mol. The molecule has 1 aliphatic rings. The Balaban J connectivity index is 1.64. The van der Waals surface area contributed by atoms with E-state index in [1.807, 2.05) is 17.4 Å². The minimum Gasteiger partial charge on any atom is -0.381 e. The van der Waals surface area contributed by atoms with E-state index < -0.39 is 0 Å². The van der Waals surface area contributed by atoms with Crippen LogP contribution < -0.4 is 10.6 Å². The first-order valence-corrected chi connectivity index (χ1v) is 10.3. The first kappa shape index (κ1) is 19.8. The van der Waals surface area contributed by atoms with E-state index in [2.05, 4.69) is 34.7 Å².